The lowest BCUT2D eigenvalue weighted by molar-refractivity contribution is -0.138. The molecule has 2 rings (SSSR count). The van der Waals surface area contributed by atoms with Crippen LogP contribution in [0.1, 0.15) is 30.4 Å². The molecule has 0 radical (unpaired) electrons. The van der Waals surface area contributed by atoms with Crippen molar-refractivity contribution >= 4 is 11.9 Å². The smallest absolute Gasteiger partial charge is 0.416 e. The molecule has 21 heavy (non-hydrogen) atoms. The summed E-state index contributed by atoms with van der Waals surface area (Å²) in [7, 11) is 0. The lowest BCUT2D eigenvalue weighted by Gasteiger charge is -2.25. The van der Waals surface area contributed by atoms with Crippen molar-refractivity contribution < 1.29 is 27.9 Å². The van der Waals surface area contributed by atoms with Crippen molar-refractivity contribution in [2.45, 2.75) is 25.4 Å². The Kier molecular flexibility index (Phi) is 3.76. The maximum atomic E-state index is 12.5. The van der Waals surface area contributed by atoms with Gasteiger partial charge in [-0.25, -0.2) is 4.79 Å². The van der Waals surface area contributed by atoms with Crippen LogP contribution >= 0.6 is 0 Å². The lowest BCUT2D eigenvalue weighted by Crippen LogP contribution is -2.33. The average molecular weight is 299 g/mol. The maximum Gasteiger partial charge on any atom is 0.416 e. The molecule has 0 fully saturated rings. The van der Waals surface area contributed by atoms with Gasteiger partial charge >= 0.3 is 12.1 Å². The molecule has 1 aliphatic rings. The fraction of sp³-hybridized carbons (Fsp3) is 0.286. The first kappa shape index (κ1) is 15.1. The zero-order chi connectivity index (χ0) is 15.8. The van der Waals surface area contributed by atoms with Gasteiger partial charge in [0.15, 0.2) is 0 Å². The standard InChI is InChI=1S/C14H12F3NO3/c1-7-12(13(20)21)10(6-11(19)18-7)8-2-4-9(5-3-8)14(15,16)17/h2-5,10H,6H2,1H3,(H,18,19)(H,20,21)/t10-/m0/s1. The van der Waals surface area contributed by atoms with Gasteiger partial charge < -0.3 is 10.4 Å². The van der Waals surface area contributed by atoms with Crippen LogP contribution in [0.15, 0.2) is 35.5 Å². The summed E-state index contributed by atoms with van der Waals surface area (Å²) in [6.07, 6.45) is -4.56. The second-order valence-electron chi connectivity index (χ2n) is 4.77. The minimum absolute atomic E-state index is 0.00522. The Bertz CT molecular complexity index is 617. The van der Waals surface area contributed by atoms with Crippen LogP contribution in [0.3, 0.4) is 0 Å². The SMILES string of the molecule is CC1=C(C(=O)O)[C@H](c2ccc(C(F)(F)F)cc2)CC(=O)N1. The molecule has 0 unspecified atom stereocenters. The predicted molar refractivity (Wildman–Crippen MR) is 67.3 cm³/mol. The summed E-state index contributed by atoms with van der Waals surface area (Å²) >= 11 is 0. The van der Waals surface area contributed by atoms with Crippen LogP contribution in [0.5, 0.6) is 0 Å². The Morgan fingerprint density at radius 2 is 1.86 bits per heavy atom. The van der Waals surface area contributed by atoms with E-state index in [0.29, 0.717) is 5.56 Å². The number of rotatable bonds is 2. The molecule has 1 aliphatic heterocycles. The van der Waals surface area contributed by atoms with Gasteiger partial charge in [-0.3, -0.25) is 4.79 Å². The normalized spacial score (nSPS) is 19.4. The zero-order valence-corrected chi connectivity index (χ0v) is 11.0. The monoisotopic (exact) mass is 299 g/mol. The van der Waals surface area contributed by atoms with Gasteiger partial charge in [0, 0.05) is 18.0 Å². The third-order valence-electron chi connectivity index (χ3n) is 3.34. The Balaban J connectivity index is 2.42. The quantitative estimate of drug-likeness (QED) is 0.882. The highest BCUT2D eigenvalue weighted by Crippen LogP contribution is 2.35. The van der Waals surface area contributed by atoms with E-state index in [1.165, 1.54) is 19.1 Å². The van der Waals surface area contributed by atoms with Crippen LogP contribution in [-0.4, -0.2) is 17.0 Å². The van der Waals surface area contributed by atoms with Crippen LogP contribution in [-0.2, 0) is 15.8 Å². The number of carboxylic acid groups (broad SMARTS) is 1. The van der Waals surface area contributed by atoms with E-state index < -0.39 is 23.6 Å². The Labute approximate surface area is 118 Å². The molecule has 0 bridgehead atoms. The first-order chi connectivity index (χ1) is 9.70. The van der Waals surface area contributed by atoms with Crippen molar-refractivity contribution in [3.63, 3.8) is 0 Å². The number of allylic oxidation sites excluding steroid dienone is 1. The van der Waals surface area contributed by atoms with E-state index in [1.54, 1.807) is 0 Å². The number of halogens is 3. The minimum Gasteiger partial charge on any atom is -0.478 e. The molecular formula is C14H12F3NO3. The van der Waals surface area contributed by atoms with Crippen molar-refractivity contribution in [1.82, 2.24) is 5.32 Å². The topological polar surface area (TPSA) is 66.4 Å². The Morgan fingerprint density at radius 1 is 1.29 bits per heavy atom. The third-order valence-corrected chi connectivity index (χ3v) is 3.34. The van der Waals surface area contributed by atoms with Crippen molar-refractivity contribution in [1.29, 1.82) is 0 Å². The summed E-state index contributed by atoms with van der Waals surface area (Å²) < 4.78 is 37.6. The molecule has 1 amide bonds. The molecule has 0 saturated carbocycles. The number of amides is 1. The molecule has 2 N–H and O–H groups in total. The minimum atomic E-state index is -4.45. The summed E-state index contributed by atoms with van der Waals surface area (Å²) in [5.74, 6) is -2.31. The summed E-state index contributed by atoms with van der Waals surface area (Å²) in [6, 6.07) is 4.19. The maximum absolute atomic E-state index is 12.5. The molecule has 4 nitrogen and oxygen atoms in total. The van der Waals surface area contributed by atoms with Gasteiger partial charge in [-0.05, 0) is 24.6 Å². The van der Waals surface area contributed by atoms with Gasteiger partial charge in [0.25, 0.3) is 0 Å². The molecule has 0 aliphatic carbocycles. The number of hydrogen-bond acceptors (Lipinski definition) is 2. The van der Waals surface area contributed by atoms with Gasteiger partial charge in [0.05, 0.1) is 11.1 Å². The largest absolute Gasteiger partial charge is 0.478 e. The average Bonchev–Trinajstić information content (AvgIpc) is 2.36. The van der Waals surface area contributed by atoms with E-state index in [2.05, 4.69) is 5.32 Å². The lowest BCUT2D eigenvalue weighted by atomic mass is 9.84. The molecule has 1 aromatic carbocycles. The highest BCUT2D eigenvalue weighted by atomic mass is 19.4. The van der Waals surface area contributed by atoms with E-state index >= 15 is 0 Å². The van der Waals surface area contributed by atoms with Crippen molar-refractivity contribution in [2.75, 3.05) is 0 Å². The van der Waals surface area contributed by atoms with Crippen molar-refractivity contribution in [3.8, 4) is 0 Å². The van der Waals surface area contributed by atoms with Gasteiger partial charge in [-0.2, -0.15) is 13.2 Å². The van der Waals surface area contributed by atoms with Gasteiger partial charge in [0.2, 0.25) is 5.91 Å². The van der Waals surface area contributed by atoms with E-state index in [9.17, 15) is 27.9 Å². The summed E-state index contributed by atoms with van der Waals surface area (Å²) in [5.41, 5.74) is -0.239. The molecule has 0 spiro atoms. The number of carbonyl (C=O) groups is 2. The second kappa shape index (κ2) is 5.23. The third kappa shape index (κ3) is 3.07. The predicted octanol–water partition coefficient (Wildman–Crippen LogP) is 2.67. The highest BCUT2D eigenvalue weighted by molar-refractivity contribution is 5.94. The molecule has 1 atom stereocenters. The van der Waals surface area contributed by atoms with Gasteiger partial charge in [-0.1, -0.05) is 12.1 Å². The van der Waals surface area contributed by atoms with E-state index in [-0.39, 0.29) is 23.6 Å². The summed E-state index contributed by atoms with van der Waals surface area (Å²) in [5, 5.41) is 11.6. The Morgan fingerprint density at radius 3 is 2.33 bits per heavy atom. The fourth-order valence-corrected chi connectivity index (χ4v) is 2.37. The molecule has 0 aromatic heterocycles. The first-order valence-electron chi connectivity index (χ1n) is 6.11. The highest BCUT2D eigenvalue weighted by Gasteiger charge is 2.33. The van der Waals surface area contributed by atoms with E-state index in [1.807, 2.05) is 0 Å². The second-order valence-corrected chi connectivity index (χ2v) is 4.77. The number of benzene rings is 1. The number of carboxylic acids is 1. The molecule has 1 aromatic rings. The first-order valence-corrected chi connectivity index (χ1v) is 6.11. The van der Waals surface area contributed by atoms with Crippen molar-refractivity contribution in [3.05, 3.63) is 46.7 Å². The number of hydrogen-bond donors (Lipinski definition) is 2. The molecular weight excluding hydrogens is 287 g/mol. The number of carbonyl (C=O) groups excluding carboxylic acids is 1. The van der Waals surface area contributed by atoms with Crippen LogP contribution in [0, 0.1) is 0 Å². The van der Waals surface area contributed by atoms with Crippen molar-refractivity contribution in [2.24, 2.45) is 0 Å². The Hall–Kier alpha value is -2.31. The van der Waals surface area contributed by atoms with Gasteiger partial charge in [0.1, 0.15) is 0 Å². The van der Waals surface area contributed by atoms with Crippen LogP contribution in [0.25, 0.3) is 0 Å². The molecule has 112 valence electrons. The van der Waals surface area contributed by atoms with Gasteiger partial charge in [-0.15, -0.1) is 0 Å². The summed E-state index contributed by atoms with van der Waals surface area (Å²) in [6.45, 7) is 1.46. The molecule has 1 heterocycles. The van der Waals surface area contributed by atoms with Crippen LogP contribution in [0.4, 0.5) is 13.2 Å². The summed E-state index contributed by atoms with van der Waals surface area (Å²) in [4.78, 5) is 22.8. The van der Waals surface area contributed by atoms with Crippen LogP contribution < -0.4 is 5.32 Å². The number of alkyl halides is 3. The zero-order valence-electron chi connectivity index (χ0n) is 11.0. The number of aliphatic carboxylic acids is 1. The van der Waals surface area contributed by atoms with E-state index in [0.717, 1.165) is 12.1 Å². The number of nitrogens with one attached hydrogen (secondary N) is 1. The molecule has 0 saturated heterocycles. The van der Waals surface area contributed by atoms with E-state index in [4.69, 9.17) is 0 Å². The molecule has 7 heteroatoms. The van der Waals surface area contributed by atoms with Crippen LogP contribution in [0.2, 0.25) is 0 Å². The fourth-order valence-electron chi connectivity index (χ4n) is 2.37.